The second kappa shape index (κ2) is 6.03. The fourth-order valence-electron chi connectivity index (χ4n) is 2.03. The van der Waals surface area contributed by atoms with E-state index in [0.717, 1.165) is 15.9 Å². The number of ether oxygens (including phenoxy) is 1. The normalized spacial score (nSPS) is 10.6. The van der Waals surface area contributed by atoms with Crippen molar-refractivity contribution < 1.29 is 19.1 Å². The fourth-order valence-corrected chi connectivity index (χ4v) is 2.75. The zero-order valence-electron chi connectivity index (χ0n) is 11.7. The van der Waals surface area contributed by atoms with Crippen molar-refractivity contribution in [3.63, 3.8) is 0 Å². The van der Waals surface area contributed by atoms with E-state index in [0.29, 0.717) is 11.4 Å². The lowest BCUT2D eigenvalue weighted by Crippen LogP contribution is -1.99. The van der Waals surface area contributed by atoms with E-state index in [2.05, 4.69) is 4.72 Å². The van der Waals surface area contributed by atoms with Crippen molar-refractivity contribution in [2.45, 2.75) is 4.90 Å². The van der Waals surface area contributed by atoms with Crippen LogP contribution in [-0.2, 0) is 0 Å². The Morgan fingerprint density at radius 2 is 2.09 bits per heavy atom. The molecule has 1 heterocycles. The minimum absolute atomic E-state index is 0.187. The second-order valence-electron chi connectivity index (χ2n) is 4.54. The summed E-state index contributed by atoms with van der Waals surface area (Å²) >= 11 is 1.42. The number of hydrogen-bond donors (Lipinski definition) is 2. The number of anilines is 1. The molecule has 5 nitrogen and oxygen atoms in total. The van der Waals surface area contributed by atoms with Gasteiger partial charge in [-0.25, -0.2) is 4.79 Å². The van der Waals surface area contributed by atoms with Crippen LogP contribution in [0.4, 0.5) is 5.69 Å². The van der Waals surface area contributed by atoms with E-state index in [1.807, 2.05) is 24.3 Å². The molecule has 0 amide bonds. The van der Waals surface area contributed by atoms with Crippen LogP contribution in [0.15, 0.2) is 58.0 Å². The van der Waals surface area contributed by atoms with Gasteiger partial charge in [-0.3, -0.25) is 0 Å². The van der Waals surface area contributed by atoms with Gasteiger partial charge in [0.05, 0.1) is 24.6 Å². The highest BCUT2D eigenvalue weighted by molar-refractivity contribution is 8.00. The number of benzene rings is 2. The van der Waals surface area contributed by atoms with Crippen molar-refractivity contribution in [2.75, 3.05) is 11.8 Å². The Morgan fingerprint density at radius 3 is 2.86 bits per heavy atom. The van der Waals surface area contributed by atoms with Gasteiger partial charge in [0, 0.05) is 10.3 Å². The SMILES string of the molecule is COc1cc(C(=O)O)ccc1NSc1ccc2occc2c1. The number of fused-ring (bicyclic) bond motifs is 1. The Hall–Kier alpha value is -2.60. The van der Waals surface area contributed by atoms with Crippen LogP contribution >= 0.6 is 11.9 Å². The number of methoxy groups -OCH3 is 1. The molecule has 2 aromatic carbocycles. The van der Waals surface area contributed by atoms with Gasteiger partial charge in [-0.05, 0) is 54.4 Å². The summed E-state index contributed by atoms with van der Waals surface area (Å²) in [5.74, 6) is -0.500. The molecule has 2 N–H and O–H groups in total. The Labute approximate surface area is 131 Å². The summed E-state index contributed by atoms with van der Waals surface area (Å²) in [4.78, 5) is 12.0. The van der Waals surface area contributed by atoms with Crippen LogP contribution in [0.1, 0.15) is 10.4 Å². The van der Waals surface area contributed by atoms with E-state index >= 15 is 0 Å². The van der Waals surface area contributed by atoms with E-state index in [9.17, 15) is 4.79 Å². The third-order valence-corrected chi connectivity index (χ3v) is 3.96. The number of carbonyl (C=O) groups is 1. The average molecular weight is 315 g/mol. The Kier molecular flexibility index (Phi) is 3.93. The van der Waals surface area contributed by atoms with Crippen LogP contribution in [0.5, 0.6) is 5.75 Å². The van der Waals surface area contributed by atoms with Gasteiger partial charge >= 0.3 is 5.97 Å². The third kappa shape index (κ3) is 2.87. The van der Waals surface area contributed by atoms with E-state index in [-0.39, 0.29) is 5.56 Å². The van der Waals surface area contributed by atoms with Gasteiger partial charge in [-0.15, -0.1) is 0 Å². The van der Waals surface area contributed by atoms with Crippen molar-refractivity contribution >= 4 is 34.6 Å². The molecule has 0 aliphatic carbocycles. The zero-order chi connectivity index (χ0) is 15.5. The molecule has 3 rings (SSSR count). The molecule has 3 aromatic rings. The van der Waals surface area contributed by atoms with Gasteiger partial charge in [0.15, 0.2) is 0 Å². The summed E-state index contributed by atoms with van der Waals surface area (Å²) in [5.41, 5.74) is 1.74. The minimum atomic E-state index is -0.983. The highest BCUT2D eigenvalue weighted by Crippen LogP contribution is 2.31. The van der Waals surface area contributed by atoms with E-state index < -0.39 is 5.97 Å². The van der Waals surface area contributed by atoms with E-state index in [1.54, 1.807) is 12.3 Å². The number of furan rings is 1. The molecule has 0 atom stereocenters. The Bertz CT molecular complexity index is 828. The maximum atomic E-state index is 11.0. The van der Waals surface area contributed by atoms with Crippen molar-refractivity contribution in [3.05, 3.63) is 54.3 Å². The molecule has 22 heavy (non-hydrogen) atoms. The first kappa shape index (κ1) is 14.3. The number of hydrogen-bond acceptors (Lipinski definition) is 5. The fraction of sp³-hybridized carbons (Fsp3) is 0.0625. The number of nitrogens with one attached hydrogen (secondary N) is 1. The standard InChI is InChI=1S/C16H13NO4S/c1-20-15-9-11(16(18)19)2-4-13(15)17-22-12-3-5-14-10(8-12)6-7-21-14/h2-9,17H,1H3,(H,18,19). The first-order chi connectivity index (χ1) is 10.7. The summed E-state index contributed by atoms with van der Waals surface area (Å²) < 4.78 is 13.7. The molecule has 0 fully saturated rings. The number of carboxylic acid groups (broad SMARTS) is 1. The summed E-state index contributed by atoms with van der Waals surface area (Å²) in [6.07, 6.45) is 1.65. The van der Waals surface area contributed by atoms with Crippen LogP contribution in [0.25, 0.3) is 11.0 Å². The average Bonchev–Trinajstić information content (AvgIpc) is 3.00. The summed E-state index contributed by atoms with van der Waals surface area (Å²) in [6, 6.07) is 12.5. The molecule has 0 bridgehead atoms. The zero-order valence-corrected chi connectivity index (χ0v) is 12.5. The Morgan fingerprint density at radius 1 is 1.23 bits per heavy atom. The molecular formula is C16H13NO4S. The number of carboxylic acids is 1. The largest absolute Gasteiger partial charge is 0.495 e. The van der Waals surface area contributed by atoms with Crippen LogP contribution in [0.3, 0.4) is 0 Å². The maximum Gasteiger partial charge on any atom is 0.335 e. The minimum Gasteiger partial charge on any atom is -0.495 e. The summed E-state index contributed by atoms with van der Waals surface area (Å²) in [6.45, 7) is 0. The molecule has 112 valence electrons. The predicted molar refractivity (Wildman–Crippen MR) is 85.6 cm³/mol. The van der Waals surface area contributed by atoms with Crippen molar-refractivity contribution in [1.82, 2.24) is 0 Å². The van der Waals surface area contributed by atoms with Crippen LogP contribution in [0, 0.1) is 0 Å². The van der Waals surface area contributed by atoms with Crippen LogP contribution < -0.4 is 9.46 Å². The molecule has 0 saturated carbocycles. The molecule has 1 aromatic heterocycles. The van der Waals surface area contributed by atoms with E-state index in [4.69, 9.17) is 14.3 Å². The second-order valence-corrected chi connectivity index (χ2v) is 5.42. The first-order valence-corrected chi connectivity index (χ1v) is 7.30. The lowest BCUT2D eigenvalue weighted by atomic mass is 10.2. The third-order valence-electron chi connectivity index (χ3n) is 3.15. The molecule has 0 aliphatic rings. The monoisotopic (exact) mass is 315 g/mol. The van der Waals surface area contributed by atoms with Gasteiger partial charge in [-0.1, -0.05) is 0 Å². The van der Waals surface area contributed by atoms with Crippen LogP contribution in [0.2, 0.25) is 0 Å². The lowest BCUT2D eigenvalue weighted by Gasteiger charge is -2.11. The molecule has 0 saturated heterocycles. The molecule has 6 heteroatoms. The summed E-state index contributed by atoms with van der Waals surface area (Å²) in [5, 5.41) is 10.0. The van der Waals surface area contributed by atoms with Crippen molar-refractivity contribution in [3.8, 4) is 5.75 Å². The number of rotatable bonds is 5. The number of aromatic carboxylic acids is 1. The van der Waals surface area contributed by atoms with Gasteiger partial charge in [-0.2, -0.15) is 0 Å². The smallest absolute Gasteiger partial charge is 0.335 e. The summed E-state index contributed by atoms with van der Waals surface area (Å²) in [7, 11) is 1.51. The predicted octanol–water partition coefficient (Wildman–Crippen LogP) is 4.26. The molecular weight excluding hydrogens is 302 g/mol. The molecule has 0 unspecified atom stereocenters. The quantitative estimate of drug-likeness (QED) is 0.686. The highest BCUT2D eigenvalue weighted by atomic mass is 32.2. The van der Waals surface area contributed by atoms with Gasteiger partial charge in [0.1, 0.15) is 11.3 Å². The Balaban J connectivity index is 1.79. The van der Waals surface area contributed by atoms with Crippen molar-refractivity contribution in [1.29, 1.82) is 0 Å². The molecule has 0 radical (unpaired) electrons. The molecule has 0 spiro atoms. The topological polar surface area (TPSA) is 71.7 Å². The first-order valence-electron chi connectivity index (χ1n) is 6.49. The van der Waals surface area contributed by atoms with Crippen LogP contribution in [-0.4, -0.2) is 18.2 Å². The van der Waals surface area contributed by atoms with Gasteiger partial charge < -0.3 is 19.0 Å². The van der Waals surface area contributed by atoms with Gasteiger partial charge in [0.25, 0.3) is 0 Å². The van der Waals surface area contributed by atoms with E-state index in [1.165, 1.54) is 31.2 Å². The lowest BCUT2D eigenvalue weighted by molar-refractivity contribution is 0.0696. The van der Waals surface area contributed by atoms with Gasteiger partial charge in [0.2, 0.25) is 0 Å². The van der Waals surface area contributed by atoms with Crippen molar-refractivity contribution in [2.24, 2.45) is 0 Å². The maximum absolute atomic E-state index is 11.0. The highest BCUT2D eigenvalue weighted by Gasteiger charge is 2.09. The molecule has 0 aliphatic heterocycles.